The van der Waals surface area contributed by atoms with Gasteiger partial charge in [0.25, 0.3) is 0 Å². The van der Waals surface area contributed by atoms with E-state index in [2.05, 4.69) is 5.32 Å². The van der Waals surface area contributed by atoms with E-state index in [-0.39, 0.29) is 6.42 Å². The molecule has 92 valence electrons. The molecule has 1 saturated heterocycles. The van der Waals surface area contributed by atoms with Crippen molar-refractivity contribution in [1.29, 1.82) is 5.26 Å². The average molecular weight is 245 g/mol. The van der Waals surface area contributed by atoms with E-state index in [0.717, 1.165) is 0 Å². The highest BCUT2D eigenvalue weighted by atomic mass is 16.6. The van der Waals surface area contributed by atoms with Crippen molar-refractivity contribution in [2.45, 2.75) is 6.42 Å². The number of cyclic esters (lactones) is 1. The van der Waals surface area contributed by atoms with Gasteiger partial charge in [0.15, 0.2) is 0 Å². The van der Waals surface area contributed by atoms with Crippen molar-refractivity contribution in [3.8, 4) is 6.07 Å². The lowest BCUT2D eigenvalue weighted by Crippen LogP contribution is -2.25. The Bertz CT molecular complexity index is 522. The lowest BCUT2D eigenvalue weighted by atomic mass is 10.2. The molecular formula is C12H11N3O3. The van der Waals surface area contributed by atoms with Crippen LogP contribution in [-0.4, -0.2) is 25.2 Å². The number of carbonyl (C=O) groups excluding carboxylic acids is 2. The van der Waals surface area contributed by atoms with Crippen molar-refractivity contribution >= 4 is 23.4 Å². The minimum Gasteiger partial charge on any atom is -0.447 e. The van der Waals surface area contributed by atoms with Gasteiger partial charge in [0.1, 0.15) is 13.0 Å². The van der Waals surface area contributed by atoms with Gasteiger partial charge < -0.3 is 10.1 Å². The van der Waals surface area contributed by atoms with Gasteiger partial charge in [-0.3, -0.25) is 9.69 Å². The molecule has 0 aromatic heterocycles. The predicted octanol–water partition coefficient (Wildman–Crippen LogP) is 1.50. The summed E-state index contributed by atoms with van der Waals surface area (Å²) in [7, 11) is 0. The molecule has 18 heavy (non-hydrogen) atoms. The Morgan fingerprint density at radius 3 is 2.94 bits per heavy atom. The van der Waals surface area contributed by atoms with Gasteiger partial charge in [-0.15, -0.1) is 0 Å². The van der Waals surface area contributed by atoms with E-state index in [1.807, 2.05) is 0 Å². The summed E-state index contributed by atoms with van der Waals surface area (Å²) >= 11 is 0. The van der Waals surface area contributed by atoms with Crippen LogP contribution in [0.3, 0.4) is 0 Å². The third-order valence-electron chi connectivity index (χ3n) is 2.47. The highest BCUT2D eigenvalue weighted by Crippen LogP contribution is 2.27. The second kappa shape index (κ2) is 5.19. The zero-order valence-electron chi connectivity index (χ0n) is 9.55. The van der Waals surface area contributed by atoms with E-state index in [9.17, 15) is 9.59 Å². The number of carbonyl (C=O) groups is 2. The predicted molar refractivity (Wildman–Crippen MR) is 64.0 cm³/mol. The van der Waals surface area contributed by atoms with Crippen LogP contribution in [0, 0.1) is 11.3 Å². The summed E-state index contributed by atoms with van der Waals surface area (Å²) in [5.41, 5.74) is 1.07. The topological polar surface area (TPSA) is 82.4 Å². The molecule has 0 bridgehead atoms. The van der Waals surface area contributed by atoms with Crippen molar-refractivity contribution < 1.29 is 14.3 Å². The first-order valence-corrected chi connectivity index (χ1v) is 5.42. The van der Waals surface area contributed by atoms with Gasteiger partial charge in [-0.05, 0) is 12.1 Å². The van der Waals surface area contributed by atoms with E-state index in [4.69, 9.17) is 10.00 Å². The van der Waals surface area contributed by atoms with Crippen molar-refractivity contribution in [3.63, 3.8) is 0 Å². The molecule has 0 saturated carbocycles. The first-order chi connectivity index (χ1) is 8.72. The highest BCUT2D eigenvalue weighted by molar-refractivity contribution is 5.99. The van der Waals surface area contributed by atoms with Crippen LogP contribution in [0.25, 0.3) is 0 Å². The second-order valence-electron chi connectivity index (χ2n) is 3.67. The Morgan fingerprint density at radius 2 is 2.28 bits per heavy atom. The number of hydrogen-bond acceptors (Lipinski definition) is 4. The van der Waals surface area contributed by atoms with Crippen LogP contribution in [0.15, 0.2) is 24.3 Å². The average Bonchev–Trinajstić information content (AvgIpc) is 2.76. The molecule has 6 heteroatoms. The van der Waals surface area contributed by atoms with Crippen LogP contribution in [0.4, 0.5) is 16.2 Å². The van der Waals surface area contributed by atoms with Crippen LogP contribution in [0.1, 0.15) is 6.42 Å². The Balaban J connectivity index is 2.23. The van der Waals surface area contributed by atoms with Crippen LogP contribution in [0.5, 0.6) is 0 Å². The summed E-state index contributed by atoms with van der Waals surface area (Å²) in [6.07, 6.45) is -0.657. The summed E-state index contributed by atoms with van der Waals surface area (Å²) in [6.45, 7) is 0.781. The third kappa shape index (κ3) is 2.40. The maximum atomic E-state index is 11.5. The Labute approximate surface area is 104 Å². The van der Waals surface area contributed by atoms with Crippen LogP contribution >= 0.6 is 0 Å². The van der Waals surface area contributed by atoms with Gasteiger partial charge in [0, 0.05) is 0 Å². The van der Waals surface area contributed by atoms with E-state index < -0.39 is 12.0 Å². The van der Waals surface area contributed by atoms with Crippen molar-refractivity contribution in [3.05, 3.63) is 24.3 Å². The number of para-hydroxylation sites is 2. The molecule has 0 unspecified atom stereocenters. The highest BCUT2D eigenvalue weighted by Gasteiger charge is 2.25. The molecule has 2 rings (SSSR count). The number of ether oxygens (including phenoxy) is 1. The molecule has 0 spiro atoms. The summed E-state index contributed by atoms with van der Waals surface area (Å²) in [4.78, 5) is 24.3. The number of nitrogens with zero attached hydrogens (tertiary/aromatic N) is 2. The minimum absolute atomic E-state index is 0.223. The van der Waals surface area contributed by atoms with Crippen molar-refractivity contribution in [2.24, 2.45) is 0 Å². The first kappa shape index (κ1) is 11.9. The fourth-order valence-corrected chi connectivity index (χ4v) is 1.69. The molecule has 0 aliphatic carbocycles. The molecular weight excluding hydrogens is 234 g/mol. The van der Waals surface area contributed by atoms with Gasteiger partial charge in [-0.25, -0.2) is 4.79 Å². The summed E-state index contributed by atoms with van der Waals surface area (Å²) in [5.74, 6) is -0.405. The molecule has 2 amide bonds. The number of hydrogen-bond donors (Lipinski definition) is 1. The molecule has 1 aliphatic rings. The van der Waals surface area contributed by atoms with Gasteiger partial charge in [0.2, 0.25) is 5.91 Å². The number of amides is 2. The standard InChI is InChI=1S/C12H11N3O3/c13-6-5-11(16)14-9-3-1-2-4-10(9)15-7-8-18-12(15)17/h1-4H,5,7-8H2,(H,14,16). The number of benzene rings is 1. The Morgan fingerprint density at radius 1 is 1.50 bits per heavy atom. The van der Waals surface area contributed by atoms with Crippen LogP contribution in [0.2, 0.25) is 0 Å². The fraction of sp³-hybridized carbons (Fsp3) is 0.250. The normalized spacial score (nSPS) is 13.9. The zero-order valence-corrected chi connectivity index (χ0v) is 9.55. The Kier molecular flexibility index (Phi) is 3.44. The van der Waals surface area contributed by atoms with Crippen molar-refractivity contribution in [2.75, 3.05) is 23.4 Å². The number of nitriles is 1. The van der Waals surface area contributed by atoms with Gasteiger partial charge in [0.05, 0.1) is 24.0 Å². The summed E-state index contributed by atoms with van der Waals surface area (Å²) in [6, 6.07) is 8.67. The second-order valence-corrected chi connectivity index (χ2v) is 3.67. The largest absolute Gasteiger partial charge is 0.447 e. The zero-order chi connectivity index (χ0) is 13.0. The first-order valence-electron chi connectivity index (χ1n) is 5.42. The Hall–Kier alpha value is -2.55. The number of nitrogens with one attached hydrogen (secondary N) is 1. The maximum Gasteiger partial charge on any atom is 0.414 e. The number of rotatable bonds is 3. The van der Waals surface area contributed by atoms with E-state index >= 15 is 0 Å². The molecule has 0 atom stereocenters. The molecule has 0 radical (unpaired) electrons. The van der Waals surface area contributed by atoms with Gasteiger partial charge >= 0.3 is 6.09 Å². The molecule has 1 N–H and O–H groups in total. The van der Waals surface area contributed by atoms with Gasteiger partial charge in [-0.1, -0.05) is 12.1 Å². The molecule has 1 heterocycles. The van der Waals surface area contributed by atoms with E-state index in [0.29, 0.717) is 24.5 Å². The van der Waals surface area contributed by atoms with Gasteiger partial charge in [-0.2, -0.15) is 5.26 Å². The molecule has 1 fully saturated rings. The molecule has 1 aromatic rings. The van der Waals surface area contributed by atoms with Crippen molar-refractivity contribution in [1.82, 2.24) is 0 Å². The third-order valence-corrected chi connectivity index (χ3v) is 2.47. The smallest absolute Gasteiger partial charge is 0.414 e. The fourth-order valence-electron chi connectivity index (χ4n) is 1.69. The van der Waals surface area contributed by atoms with Crippen LogP contribution in [-0.2, 0) is 9.53 Å². The number of anilines is 2. The van der Waals surface area contributed by atoms with Crippen LogP contribution < -0.4 is 10.2 Å². The summed E-state index contributed by atoms with van der Waals surface area (Å²) < 4.78 is 4.85. The van der Waals surface area contributed by atoms with E-state index in [1.54, 1.807) is 30.3 Å². The maximum absolute atomic E-state index is 11.5. The molecule has 1 aromatic carbocycles. The SMILES string of the molecule is N#CCC(=O)Nc1ccccc1N1CCOC1=O. The molecule has 6 nitrogen and oxygen atoms in total. The van der Waals surface area contributed by atoms with E-state index in [1.165, 1.54) is 4.90 Å². The lowest BCUT2D eigenvalue weighted by molar-refractivity contribution is -0.115. The monoisotopic (exact) mass is 245 g/mol. The minimum atomic E-state index is -0.433. The summed E-state index contributed by atoms with van der Waals surface area (Å²) in [5, 5.41) is 11.0. The molecule has 1 aliphatic heterocycles. The quantitative estimate of drug-likeness (QED) is 0.874. The lowest BCUT2D eigenvalue weighted by Gasteiger charge is -2.17.